The molecule has 0 heterocycles. The van der Waals surface area contributed by atoms with Gasteiger partial charge in [0.05, 0.1) is 7.11 Å². The van der Waals surface area contributed by atoms with Crippen LogP contribution < -0.4 is 14.8 Å². The van der Waals surface area contributed by atoms with Crippen molar-refractivity contribution in [2.75, 3.05) is 13.7 Å². The van der Waals surface area contributed by atoms with Crippen molar-refractivity contribution in [2.45, 2.75) is 19.9 Å². The van der Waals surface area contributed by atoms with Crippen LogP contribution in [0.25, 0.3) is 0 Å². The molecule has 0 radical (unpaired) electrons. The van der Waals surface area contributed by atoms with Gasteiger partial charge in [0.25, 0.3) is 0 Å². The lowest BCUT2D eigenvalue weighted by Crippen LogP contribution is -2.18. The summed E-state index contributed by atoms with van der Waals surface area (Å²) in [6.45, 7) is 5.17. The lowest BCUT2D eigenvalue weighted by atomic mass is 10.1. The summed E-state index contributed by atoms with van der Waals surface area (Å²) in [6, 6.07) is 16.0. The van der Waals surface area contributed by atoms with Gasteiger partial charge in [-0.25, -0.2) is 0 Å². The van der Waals surface area contributed by atoms with Crippen molar-refractivity contribution in [1.82, 2.24) is 5.32 Å². The molecule has 20 heavy (non-hydrogen) atoms. The van der Waals surface area contributed by atoms with E-state index in [0.29, 0.717) is 0 Å². The molecule has 2 aromatic carbocycles. The first-order valence-corrected chi connectivity index (χ1v) is 6.88. The molecule has 1 N–H and O–H groups in total. The second kappa shape index (κ2) is 6.96. The summed E-state index contributed by atoms with van der Waals surface area (Å²) in [5.74, 6) is 2.51. The molecule has 2 aromatic rings. The van der Waals surface area contributed by atoms with E-state index in [9.17, 15) is 0 Å². The average Bonchev–Trinajstić information content (AvgIpc) is 2.49. The van der Waals surface area contributed by atoms with Crippen LogP contribution in [0.3, 0.4) is 0 Å². The van der Waals surface area contributed by atoms with Crippen molar-refractivity contribution < 1.29 is 9.47 Å². The Balaban J connectivity index is 2.19. The number of nitrogens with one attached hydrogen (secondary N) is 1. The first kappa shape index (κ1) is 14.4. The maximum absolute atomic E-state index is 5.98. The van der Waals surface area contributed by atoms with Crippen LogP contribution in [-0.2, 0) is 0 Å². The van der Waals surface area contributed by atoms with Crippen molar-refractivity contribution in [3.63, 3.8) is 0 Å². The Morgan fingerprint density at radius 3 is 2.30 bits per heavy atom. The maximum atomic E-state index is 5.98. The number of hydrogen-bond acceptors (Lipinski definition) is 3. The van der Waals surface area contributed by atoms with Gasteiger partial charge in [-0.3, -0.25) is 0 Å². The third-order valence-electron chi connectivity index (χ3n) is 3.18. The van der Waals surface area contributed by atoms with Gasteiger partial charge in [-0.05, 0) is 43.8 Å². The standard InChI is InChI=1S/C17H21NO2/c1-4-18-13(2)16-7-5-6-8-17(16)20-15-11-9-14(19-3)10-12-15/h5-13,18H,4H2,1-3H3. The van der Waals surface area contributed by atoms with Gasteiger partial charge in [-0.2, -0.15) is 0 Å². The topological polar surface area (TPSA) is 30.5 Å². The van der Waals surface area contributed by atoms with Crippen molar-refractivity contribution in [1.29, 1.82) is 0 Å². The third-order valence-corrected chi connectivity index (χ3v) is 3.18. The summed E-state index contributed by atoms with van der Waals surface area (Å²) >= 11 is 0. The number of para-hydroxylation sites is 1. The van der Waals surface area contributed by atoms with Crippen LogP contribution in [0.5, 0.6) is 17.2 Å². The molecule has 1 atom stereocenters. The second-order valence-corrected chi connectivity index (χ2v) is 4.59. The van der Waals surface area contributed by atoms with Gasteiger partial charge in [0.15, 0.2) is 0 Å². The van der Waals surface area contributed by atoms with Crippen LogP contribution in [0.4, 0.5) is 0 Å². The smallest absolute Gasteiger partial charge is 0.132 e. The Bertz CT molecular complexity index is 537. The molecule has 2 rings (SSSR count). The molecule has 0 aliphatic heterocycles. The molecule has 0 aliphatic carbocycles. The SMILES string of the molecule is CCNC(C)c1ccccc1Oc1ccc(OC)cc1. The average molecular weight is 271 g/mol. The molecular weight excluding hydrogens is 250 g/mol. The summed E-state index contributed by atoms with van der Waals surface area (Å²) in [7, 11) is 1.66. The zero-order chi connectivity index (χ0) is 14.4. The molecule has 0 bridgehead atoms. The molecule has 3 nitrogen and oxygen atoms in total. The van der Waals surface area contributed by atoms with Gasteiger partial charge in [0, 0.05) is 11.6 Å². The predicted octanol–water partition coefficient (Wildman–Crippen LogP) is 4.16. The zero-order valence-electron chi connectivity index (χ0n) is 12.2. The van der Waals surface area contributed by atoms with Gasteiger partial charge < -0.3 is 14.8 Å². The van der Waals surface area contributed by atoms with Crippen molar-refractivity contribution in [3.05, 3.63) is 54.1 Å². The monoisotopic (exact) mass is 271 g/mol. The molecule has 0 saturated heterocycles. The molecule has 0 fully saturated rings. The molecule has 0 amide bonds. The molecule has 0 saturated carbocycles. The van der Waals surface area contributed by atoms with Gasteiger partial charge in [0.2, 0.25) is 0 Å². The molecule has 0 aromatic heterocycles. The molecule has 0 spiro atoms. The molecule has 1 unspecified atom stereocenters. The first-order valence-electron chi connectivity index (χ1n) is 6.88. The van der Waals surface area contributed by atoms with Gasteiger partial charge in [-0.1, -0.05) is 25.1 Å². The van der Waals surface area contributed by atoms with E-state index in [0.717, 1.165) is 29.4 Å². The molecule has 106 valence electrons. The zero-order valence-corrected chi connectivity index (χ0v) is 12.2. The van der Waals surface area contributed by atoms with Crippen LogP contribution in [-0.4, -0.2) is 13.7 Å². The minimum atomic E-state index is 0.259. The fourth-order valence-electron chi connectivity index (χ4n) is 2.12. The number of methoxy groups -OCH3 is 1. The van der Waals surface area contributed by atoms with Crippen LogP contribution in [0.15, 0.2) is 48.5 Å². The van der Waals surface area contributed by atoms with Crippen molar-refractivity contribution in [2.24, 2.45) is 0 Å². The quantitative estimate of drug-likeness (QED) is 0.855. The van der Waals surface area contributed by atoms with Crippen LogP contribution >= 0.6 is 0 Å². The normalized spacial score (nSPS) is 11.9. The number of hydrogen-bond donors (Lipinski definition) is 1. The third kappa shape index (κ3) is 3.52. The van der Waals surface area contributed by atoms with Gasteiger partial charge in [-0.15, -0.1) is 0 Å². The Hall–Kier alpha value is -2.00. The van der Waals surface area contributed by atoms with E-state index in [1.807, 2.05) is 42.5 Å². The fourth-order valence-corrected chi connectivity index (χ4v) is 2.12. The Labute approximate surface area is 120 Å². The minimum Gasteiger partial charge on any atom is -0.497 e. The summed E-state index contributed by atoms with van der Waals surface area (Å²) < 4.78 is 11.1. The molecule has 0 aliphatic rings. The maximum Gasteiger partial charge on any atom is 0.132 e. The van der Waals surface area contributed by atoms with Crippen LogP contribution in [0.1, 0.15) is 25.5 Å². The van der Waals surface area contributed by atoms with E-state index in [1.54, 1.807) is 7.11 Å². The van der Waals surface area contributed by atoms with E-state index in [4.69, 9.17) is 9.47 Å². The summed E-state index contributed by atoms with van der Waals surface area (Å²) in [4.78, 5) is 0. The van der Waals surface area contributed by atoms with E-state index in [1.165, 1.54) is 0 Å². The van der Waals surface area contributed by atoms with E-state index < -0.39 is 0 Å². The number of benzene rings is 2. The predicted molar refractivity (Wildman–Crippen MR) is 81.6 cm³/mol. The highest BCUT2D eigenvalue weighted by Gasteiger charge is 2.10. The molecule has 3 heteroatoms. The van der Waals surface area contributed by atoms with E-state index in [-0.39, 0.29) is 6.04 Å². The highest BCUT2D eigenvalue weighted by molar-refractivity contribution is 5.40. The van der Waals surface area contributed by atoms with Crippen LogP contribution in [0.2, 0.25) is 0 Å². The number of ether oxygens (including phenoxy) is 2. The Kier molecular flexibility index (Phi) is 5.02. The lowest BCUT2D eigenvalue weighted by Gasteiger charge is -2.17. The van der Waals surface area contributed by atoms with Crippen molar-refractivity contribution in [3.8, 4) is 17.2 Å². The van der Waals surface area contributed by atoms with Crippen molar-refractivity contribution >= 4 is 0 Å². The Morgan fingerprint density at radius 1 is 1.00 bits per heavy atom. The first-order chi connectivity index (χ1) is 9.74. The largest absolute Gasteiger partial charge is 0.497 e. The highest BCUT2D eigenvalue weighted by Crippen LogP contribution is 2.30. The summed E-state index contributed by atoms with van der Waals surface area (Å²) in [5, 5.41) is 3.41. The Morgan fingerprint density at radius 2 is 1.65 bits per heavy atom. The number of rotatable bonds is 6. The second-order valence-electron chi connectivity index (χ2n) is 4.59. The summed E-state index contributed by atoms with van der Waals surface area (Å²) in [5.41, 5.74) is 1.16. The molecular formula is C17H21NO2. The van der Waals surface area contributed by atoms with E-state index in [2.05, 4.69) is 25.2 Å². The van der Waals surface area contributed by atoms with E-state index >= 15 is 0 Å². The van der Waals surface area contributed by atoms with Gasteiger partial charge >= 0.3 is 0 Å². The minimum absolute atomic E-state index is 0.259. The lowest BCUT2D eigenvalue weighted by molar-refractivity contribution is 0.412. The van der Waals surface area contributed by atoms with Crippen LogP contribution in [0, 0.1) is 0 Å². The summed E-state index contributed by atoms with van der Waals surface area (Å²) in [6.07, 6.45) is 0. The highest BCUT2D eigenvalue weighted by atomic mass is 16.5. The van der Waals surface area contributed by atoms with Gasteiger partial charge in [0.1, 0.15) is 17.2 Å². The fraction of sp³-hybridized carbons (Fsp3) is 0.294.